The van der Waals surface area contributed by atoms with Gasteiger partial charge in [0.25, 0.3) is 5.91 Å². The van der Waals surface area contributed by atoms with Gasteiger partial charge in [-0.3, -0.25) is 4.79 Å². The van der Waals surface area contributed by atoms with Crippen molar-refractivity contribution >= 4 is 17.8 Å². The van der Waals surface area contributed by atoms with Gasteiger partial charge in [0.05, 0.1) is 0 Å². The standard InChI is InChI=1S/C29H30F3N7O4/c1-17(2)39-16-34-38-25(39)21-10-7-11-23(35-21)37-26(40)19-8-6-9-20(14-19)42-24-13-18(12-22(36-24)29(30,31)32)15-33-27(41)43-28(3,4)5/h6-14,16-17H,15H2,1-5H3,(H,33,41)(H,35,37,40). The van der Waals surface area contributed by atoms with E-state index in [4.69, 9.17) is 9.47 Å². The summed E-state index contributed by atoms with van der Waals surface area (Å²) in [5.74, 6) is -0.0431. The molecule has 0 radical (unpaired) electrons. The Kier molecular flexibility index (Phi) is 8.97. The molecule has 2 N–H and O–H groups in total. The van der Waals surface area contributed by atoms with E-state index in [1.165, 1.54) is 30.3 Å². The van der Waals surface area contributed by atoms with Gasteiger partial charge in [-0.05, 0) is 76.6 Å². The van der Waals surface area contributed by atoms with E-state index in [1.54, 1.807) is 45.3 Å². The van der Waals surface area contributed by atoms with Crippen molar-refractivity contribution in [3.63, 3.8) is 0 Å². The van der Waals surface area contributed by atoms with Crippen LogP contribution < -0.4 is 15.4 Å². The number of hydrogen-bond acceptors (Lipinski definition) is 8. The number of benzene rings is 1. The van der Waals surface area contributed by atoms with E-state index in [1.807, 2.05) is 18.4 Å². The lowest BCUT2D eigenvalue weighted by atomic mass is 10.2. The molecule has 0 bridgehead atoms. The smallest absolute Gasteiger partial charge is 0.433 e. The monoisotopic (exact) mass is 597 g/mol. The Hall–Kier alpha value is -5.01. The number of nitrogens with zero attached hydrogens (tertiary/aromatic N) is 5. The molecule has 0 aliphatic rings. The molecule has 0 unspecified atom stereocenters. The first kappa shape index (κ1) is 30.9. The van der Waals surface area contributed by atoms with Crippen LogP contribution >= 0.6 is 0 Å². The fraction of sp³-hybridized carbons (Fsp3) is 0.310. The third kappa shape index (κ3) is 8.50. The highest BCUT2D eigenvalue weighted by Gasteiger charge is 2.33. The SMILES string of the molecule is CC(C)n1cnnc1-c1cccc(NC(=O)c2cccc(Oc3cc(CNC(=O)OC(C)(C)C)cc(C(F)(F)F)n3)c2)n1. The molecule has 3 aromatic heterocycles. The second-order valence-electron chi connectivity index (χ2n) is 10.7. The van der Waals surface area contributed by atoms with Crippen LogP contribution in [0, 0.1) is 0 Å². The Labute approximate surface area is 245 Å². The van der Waals surface area contributed by atoms with Gasteiger partial charge in [0.1, 0.15) is 34.9 Å². The number of carbonyl (C=O) groups is 2. The molecule has 226 valence electrons. The predicted molar refractivity (Wildman–Crippen MR) is 150 cm³/mol. The Morgan fingerprint density at radius 2 is 1.74 bits per heavy atom. The highest BCUT2D eigenvalue weighted by atomic mass is 19.4. The molecular weight excluding hydrogens is 567 g/mol. The van der Waals surface area contributed by atoms with Crippen LogP contribution in [-0.4, -0.2) is 42.3 Å². The molecule has 2 amide bonds. The summed E-state index contributed by atoms with van der Waals surface area (Å²) in [5, 5.41) is 13.2. The molecule has 1 aromatic carbocycles. The minimum atomic E-state index is -4.77. The fourth-order valence-electron chi connectivity index (χ4n) is 3.79. The van der Waals surface area contributed by atoms with Crippen LogP contribution in [0.2, 0.25) is 0 Å². The number of rotatable bonds is 8. The Morgan fingerprint density at radius 3 is 2.44 bits per heavy atom. The number of carbonyl (C=O) groups excluding carboxylic acids is 2. The number of amides is 2. The van der Waals surface area contributed by atoms with Crippen molar-refractivity contribution in [1.82, 2.24) is 30.0 Å². The maximum absolute atomic E-state index is 13.6. The number of halogens is 3. The molecule has 0 atom stereocenters. The molecule has 43 heavy (non-hydrogen) atoms. The van der Waals surface area contributed by atoms with Crippen LogP contribution in [0.15, 0.2) is 60.9 Å². The summed E-state index contributed by atoms with van der Waals surface area (Å²) in [5.41, 5.74) is -1.24. The van der Waals surface area contributed by atoms with E-state index in [2.05, 4.69) is 30.8 Å². The molecule has 0 fully saturated rings. The number of alkyl halides is 3. The minimum absolute atomic E-state index is 0.0669. The van der Waals surface area contributed by atoms with Crippen molar-refractivity contribution in [3.05, 3.63) is 77.7 Å². The van der Waals surface area contributed by atoms with Gasteiger partial charge in [0.2, 0.25) is 5.88 Å². The van der Waals surface area contributed by atoms with E-state index in [9.17, 15) is 22.8 Å². The lowest BCUT2D eigenvalue weighted by Gasteiger charge is -2.20. The summed E-state index contributed by atoms with van der Waals surface area (Å²) in [6.45, 7) is 8.68. The molecule has 4 rings (SSSR count). The van der Waals surface area contributed by atoms with E-state index in [0.717, 1.165) is 6.07 Å². The molecule has 14 heteroatoms. The number of pyridine rings is 2. The number of alkyl carbamates (subject to hydrolysis) is 1. The Morgan fingerprint density at radius 1 is 1.00 bits per heavy atom. The van der Waals surface area contributed by atoms with Gasteiger partial charge >= 0.3 is 12.3 Å². The second-order valence-corrected chi connectivity index (χ2v) is 10.7. The zero-order chi connectivity index (χ0) is 31.4. The molecule has 0 saturated heterocycles. The predicted octanol–water partition coefficient (Wildman–Crippen LogP) is 6.40. The highest BCUT2D eigenvalue weighted by Crippen LogP contribution is 2.31. The average molecular weight is 598 g/mol. The largest absolute Gasteiger partial charge is 0.444 e. The lowest BCUT2D eigenvalue weighted by molar-refractivity contribution is -0.141. The van der Waals surface area contributed by atoms with Gasteiger partial charge in [-0.2, -0.15) is 13.2 Å². The summed E-state index contributed by atoms with van der Waals surface area (Å²) in [4.78, 5) is 33.0. The molecule has 3 heterocycles. The zero-order valence-corrected chi connectivity index (χ0v) is 24.1. The highest BCUT2D eigenvalue weighted by molar-refractivity contribution is 6.04. The first-order chi connectivity index (χ1) is 20.2. The quantitative estimate of drug-likeness (QED) is 0.238. The summed E-state index contributed by atoms with van der Waals surface area (Å²) >= 11 is 0. The topological polar surface area (TPSA) is 133 Å². The maximum Gasteiger partial charge on any atom is 0.433 e. The van der Waals surface area contributed by atoms with Crippen molar-refractivity contribution in [2.24, 2.45) is 0 Å². The number of aromatic nitrogens is 5. The summed E-state index contributed by atoms with van der Waals surface area (Å²) in [6, 6.07) is 13.1. The third-order valence-electron chi connectivity index (χ3n) is 5.66. The normalized spacial score (nSPS) is 11.7. The summed E-state index contributed by atoms with van der Waals surface area (Å²) in [6.07, 6.45) is -3.97. The molecule has 0 saturated carbocycles. The van der Waals surface area contributed by atoms with Crippen LogP contribution in [0.5, 0.6) is 11.6 Å². The third-order valence-corrected chi connectivity index (χ3v) is 5.66. The van der Waals surface area contributed by atoms with E-state index < -0.39 is 29.5 Å². The molecule has 11 nitrogen and oxygen atoms in total. The number of ether oxygens (including phenoxy) is 2. The van der Waals surface area contributed by atoms with Gasteiger partial charge in [0.15, 0.2) is 5.82 Å². The Bertz CT molecular complexity index is 1610. The zero-order valence-electron chi connectivity index (χ0n) is 24.1. The van der Waals surface area contributed by atoms with E-state index in [-0.39, 0.29) is 41.2 Å². The maximum atomic E-state index is 13.6. The van der Waals surface area contributed by atoms with Crippen molar-refractivity contribution < 1.29 is 32.2 Å². The molecule has 0 aliphatic carbocycles. The summed E-state index contributed by atoms with van der Waals surface area (Å²) in [7, 11) is 0. The molecular formula is C29H30F3N7O4. The Balaban J connectivity index is 1.51. The average Bonchev–Trinajstić information content (AvgIpc) is 3.41. The van der Waals surface area contributed by atoms with Gasteiger partial charge in [-0.15, -0.1) is 10.2 Å². The van der Waals surface area contributed by atoms with Crippen LogP contribution in [0.1, 0.15) is 62.3 Å². The first-order valence-corrected chi connectivity index (χ1v) is 13.2. The summed E-state index contributed by atoms with van der Waals surface area (Å²) < 4.78 is 53.3. The van der Waals surface area contributed by atoms with Crippen LogP contribution in [0.3, 0.4) is 0 Å². The van der Waals surface area contributed by atoms with Gasteiger partial charge in [-0.25, -0.2) is 14.8 Å². The van der Waals surface area contributed by atoms with Crippen molar-refractivity contribution in [3.8, 4) is 23.1 Å². The first-order valence-electron chi connectivity index (χ1n) is 13.2. The van der Waals surface area contributed by atoms with Gasteiger partial charge in [-0.1, -0.05) is 12.1 Å². The van der Waals surface area contributed by atoms with E-state index in [0.29, 0.717) is 11.5 Å². The number of hydrogen-bond donors (Lipinski definition) is 2. The minimum Gasteiger partial charge on any atom is -0.444 e. The van der Waals surface area contributed by atoms with Crippen molar-refractivity contribution in [1.29, 1.82) is 0 Å². The lowest BCUT2D eigenvalue weighted by Crippen LogP contribution is -2.32. The van der Waals surface area contributed by atoms with Gasteiger partial charge < -0.3 is 24.7 Å². The van der Waals surface area contributed by atoms with Crippen LogP contribution in [-0.2, 0) is 17.5 Å². The molecule has 0 spiro atoms. The van der Waals surface area contributed by atoms with E-state index >= 15 is 0 Å². The number of anilines is 1. The van der Waals surface area contributed by atoms with Crippen molar-refractivity contribution in [2.75, 3.05) is 5.32 Å². The van der Waals surface area contributed by atoms with Crippen LogP contribution in [0.25, 0.3) is 11.5 Å². The van der Waals surface area contributed by atoms with Gasteiger partial charge in [0, 0.05) is 24.2 Å². The van der Waals surface area contributed by atoms with Crippen molar-refractivity contribution in [2.45, 2.75) is 59.0 Å². The molecule has 0 aliphatic heterocycles. The number of nitrogens with one attached hydrogen (secondary N) is 2. The second kappa shape index (κ2) is 12.5. The van der Waals surface area contributed by atoms with Crippen LogP contribution in [0.4, 0.5) is 23.8 Å². The fourth-order valence-corrected chi connectivity index (χ4v) is 3.79. The molecule has 4 aromatic rings.